The van der Waals surface area contributed by atoms with Gasteiger partial charge in [0, 0.05) is 35.4 Å². The smallest absolute Gasteiger partial charge is 0.336 e. The van der Waals surface area contributed by atoms with E-state index in [0.29, 0.717) is 23.7 Å². The standard InChI is InChI=1S/C24H28O6/c1-12(2)16(30-26)10-15-20-14-8-9-24(15,5)29-22-13-6-7-19(25)27-17(13)11-18(21(20)22)28-23(14,3)4/h6-7,11,14-16,20,26H,1,8-10H2,2-5H3. The second-order valence-corrected chi connectivity index (χ2v) is 9.86. The van der Waals surface area contributed by atoms with E-state index in [-0.39, 0.29) is 17.4 Å². The Hall–Kier alpha value is -2.31. The highest BCUT2D eigenvalue weighted by molar-refractivity contribution is 5.88. The van der Waals surface area contributed by atoms with Crippen LogP contribution in [-0.2, 0) is 4.89 Å². The third-order valence-electron chi connectivity index (χ3n) is 7.56. The summed E-state index contributed by atoms with van der Waals surface area (Å²) in [7, 11) is 0. The summed E-state index contributed by atoms with van der Waals surface area (Å²) in [4.78, 5) is 16.6. The quantitative estimate of drug-likeness (QED) is 0.328. The van der Waals surface area contributed by atoms with Crippen LogP contribution in [0.3, 0.4) is 0 Å². The van der Waals surface area contributed by atoms with Gasteiger partial charge in [-0.1, -0.05) is 6.58 Å². The average Bonchev–Trinajstić information content (AvgIpc) is 2.64. The van der Waals surface area contributed by atoms with E-state index < -0.39 is 17.3 Å². The maximum atomic E-state index is 11.8. The number of hydrogen-bond acceptors (Lipinski definition) is 6. The van der Waals surface area contributed by atoms with Gasteiger partial charge in [-0.3, -0.25) is 5.26 Å². The number of fused-ring (bicyclic) bond motifs is 3. The highest BCUT2D eigenvalue weighted by Gasteiger charge is 2.60. The normalized spacial score (nSPS) is 31.6. The van der Waals surface area contributed by atoms with E-state index in [0.717, 1.165) is 35.1 Å². The zero-order valence-corrected chi connectivity index (χ0v) is 17.9. The van der Waals surface area contributed by atoms with Crippen molar-refractivity contribution in [1.82, 2.24) is 0 Å². The zero-order chi connectivity index (χ0) is 21.4. The lowest BCUT2D eigenvalue weighted by Crippen LogP contribution is -2.59. The second kappa shape index (κ2) is 6.34. The summed E-state index contributed by atoms with van der Waals surface area (Å²) < 4.78 is 18.6. The SMILES string of the molecule is C=C(C)C(CC1C2c3c4cc5oc(=O)ccc5c3OC1(C)CCC2C(C)(C)O4)OO. The molecule has 5 unspecified atom stereocenters. The molecule has 3 heterocycles. The first-order chi connectivity index (χ1) is 14.1. The molecular formula is C24H28O6. The van der Waals surface area contributed by atoms with Crippen molar-refractivity contribution in [3.63, 3.8) is 0 Å². The largest absolute Gasteiger partial charge is 0.487 e. The van der Waals surface area contributed by atoms with Gasteiger partial charge in [0.05, 0.1) is 5.39 Å². The predicted molar refractivity (Wildman–Crippen MR) is 112 cm³/mol. The van der Waals surface area contributed by atoms with Gasteiger partial charge in [0.15, 0.2) is 0 Å². The van der Waals surface area contributed by atoms with Gasteiger partial charge in [-0.15, -0.1) is 0 Å². The fourth-order valence-electron chi connectivity index (χ4n) is 6.02. The van der Waals surface area contributed by atoms with Crippen molar-refractivity contribution in [1.29, 1.82) is 0 Å². The van der Waals surface area contributed by atoms with Gasteiger partial charge in [-0.2, -0.15) is 0 Å². The highest BCUT2D eigenvalue weighted by Crippen LogP contribution is 2.64. The van der Waals surface area contributed by atoms with E-state index in [1.165, 1.54) is 6.07 Å². The molecule has 1 saturated carbocycles. The van der Waals surface area contributed by atoms with E-state index in [1.54, 1.807) is 6.07 Å². The average molecular weight is 412 g/mol. The second-order valence-electron chi connectivity index (χ2n) is 9.86. The van der Waals surface area contributed by atoms with Crippen molar-refractivity contribution in [3.05, 3.63) is 46.3 Å². The molecule has 2 aromatic rings. The summed E-state index contributed by atoms with van der Waals surface area (Å²) in [5.74, 6) is 2.06. The van der Waals surface area contributed by atoms with Crippen LogP contribution >= 0.6 is 0 Å². The first-order valence-corrected chi connectivity index (χ1v) is 10.6. The number of rotatable bonds is 4. The Balaban J connectivity index is 1.76. The molecule has 6 nitrogen and oxygen atoms in total. The molecule has 3 aliphatic rings. The Morgan fingerprint density at radius 1 is 1.33 bits per heavy atom. The molecule has 2 aliphatic heterocycles. The summed E-state index contributed by atoms with van der Waals surface area (Å²) in [6, 6.07) is 5.03. The van der Waals surface area contributed by atoms with Gasteiger partial charge in [0.25, 0.3) is 0 Å². The Morgan fingerprint density at radius 3 is 2.80 bits per heavy atom. The van der Waals surface area contributed by atoms with Gasteiger partial charge in [-0.05, 0) is 58.6 Å². The molecule has 0 amide bonds. The van der Waals surface area contributed by atoms with E-state index in [1.807, 2.05) is 13.0 Å². The molecule has 160 valence electrons. The maximum absolute atomic E-state index is 11.8. The van der Waals surface area contributed by atoms with Crippen molar-refractivity contribution in [2.45, 2.75) is 70.2 Å². The molecule has 1 fully saturated rings. The molecular weight excluding hydrogens is 384 g/mol. The maximum Gasteiger partial charge on any atom is 0.336 e. The summed E-state index contributed by atoms with van der Waals surface area (Å²) in [6.07, 6.45) is 2.01. The Kier molecular flexibility index (Phi) is 4.15. The fourth-order valence-corrected chi connectivity index (χ4v) is 6.02. The van der Waals surface area contributed by atoms with Crippen LogP contribution in [0.5, 0.6) is 11.5 Å². The van der Waals surface area contributed by atoms with Gasteiger partial charge < -0.3 is 13.9 Å². The molecule has 1 aliphatic carbocycles. The molecule has 5 rings (SSSR count). The van der Waals surface area contributed by atoms with E-state index in [4.69, 9.17) is 18.8 Å². The van der Waals surface area contributed by atoms with Gasteiger partial charge in [0.2, 0.25) is 0 Å². The minimum atomic E-state index is -0.453. The molecule has 6 heteroatoms. The number of ether oxygens (including phenoxy) is 2. The first kappa shape index (κ1) is 19.6. The summed E-state index contributed by atoms with van der Waals surface area (Å²) in [5, 5.41) is 10.3. The lowest BCUT2D eigenvalue weighted by molar-refractivity contribution is -0.276. The van der Waals surface area contributed by atoms with Gasteiger partial charge in [0.1, 0.15) is 34.4 Å². The van der Waals surface area contributed by atoms with Crippen LogP contribution in [0.1, 0.15) is 58.4 Å². The Bertz CT molecular complexity index is 1100. The zero-order valence-electron chi connectivity index (χ0n) is 17.9. The molecule has 0 spiro atoms. The topological polar surface area (TPSA) is 78.1 Å². The van der Waals surface area contributed by atoms with Crippen LogP contribution in [-0.4, -0.2) is 22.6 Å². The van der Waals surface area contributed by atoms with Crippen LogP contribution in [0.15, 0.2) is 39.6 Å². The first-order valence-electron chi connectivity index (χ1n) is 10.6. The fraction of sp³-hybridized carbons (Fsp3) is 0.542. The Labute approximate surface area is 175 Å². The van der Waals surface area contributed by atoms with Gasteiger partial charge in [-0.25, -0.2) is 9.68 Å². The Morgan fingerprint density at radius 2 is 2.10 bits per heavy atom. The van der Waals surface area contributed by atoms with Crippen LogP contribution < -0.4 is 15.1 Å². The van der Waals surface area contributed by atoms with E-state index >= 15 is 0 Å². The van der Waals surface area contributed by atoms with E-state index in [2.05, 4.69) is 27.4 Å². The summed E-state index contributed by atoms with van der Waals surface area (Å²) >= 11 is 0. The molecule has 0 radical (unpaired) electrons. The third-order valence-corrected chi connectivity index (χ3v) is 7.56. The van der Waals surface area contributed by atoms with Crippen molar-refractivity contribution in [2.24, 2.45) is 11.8 Å². The van der Waals surface area contributed by atoms with Crippen molar-refractivity contribution in [3.8, 4) is 11.5 Å². The van der Waals surface area contributed by atoms with Crippen LogP contribution in [0, 0.1) is 11.8 Å². The van der Waals surface area contributed by atoms with Crippen molar-refractivity contribution >= 4 is 11.0 Å². The predicted octanol–water partition coefficient (Wildman–Crippen LogP) is 5.05. The lowest BCUT2D eigenvalue weighted by Gasteiger charge is -2.59. The van der Waals surface area contributed by atoms with Crippen LogP contribution in [0.25, 0.3) is 11.0 Å². The molecule has 1 aromatic heterocycles. The molecule has 30 heavy (non-hydrogen) atoms. The van der Waals surface area contributed by atoms with Crippen LogP contribution in [0.2, 0.25) is 0 Å². The van der Waals surface area contributed by atoms with Gasteiger partial charge >= 0.3 is 5.63 Å². The number of hydrogen-bond donors (Lipinski definition) is 1. The van der Waals surface area contributed by atoms with Crippen LogP contribution in [0.4, 0.5) is 0 Å². The lowest BCUT2D eigenvalue weighted by atomic mass is 9.55. The molecule has 1 N–H and O–H groups in total. The van der Waals surface area contributed by atoms with Crippen molar-refractivity contribution in [2.75, 3.05) is 0 Å². The molecule has 5 atom stereocenters. The third kappa shape index (κ3) is 2.66. The molecule has 1 aromatic carbocycles. The molecule has 0 saturated heterocycles. The molecule has 2 bridgehead atoms. The summed E-state index contributed by atoms with van der Waals surface area (Å²) in [6.45, 7) is 12.2. The van der Waals surface area contributed by atoms with Crippen molar-refractivity contribution < 1.29 is 24.0 Å². The van der Waals surface area contributed by atoms with E-state index in [9.17, 15) is 10.1 Å². The number of benzene rings is 1. The highest BCUT2D eigenvalue weighted by atomic mass is 17.1. The minimum Gasteiger partial charge on any atom is -0.487 e. The summed E-state index contributed by atoms with van der Waals surface area (Å²) in [5.41, 5.74) is 1.09. The monoisotopic (exact) mass is 412 g/mol. The minimum absolute atomic E-state index is 0.118.